The average Bonchev–Trinajstić information content (AvgIpc) is 2.35. The lowest BCUT2D eigenvalue weighted by atomic mass is 9.85. The third kappa shape index (κ3) is 2.94. The Morgan fingerprint density at radius 1 is 1.19 bits per heavy atom. The Hall–Kier alpha value is -1.07. The van der Waals surface area contributed by atoms with E-state index < -0.39 is 10.0 Å². The van der Waals surface area contributed by atoms with Gasteiger partial charge in [0.1, 0.15) is 0 Å². The van der Waals surface area contributed by atoms with Gasteiger partial charge in [-0.1, -0.05) is 13.8 Å². The third-order valence-corrected chi connectivity index (χ3v) is 6.66. The van der Waals surface area contributed by atoms with Gasteiger partial charge in [0.2, 0.25) is 10.0 Å². The van der Waals surface area contributed by atoms with Crippen molar-refractivity contribution in [2.45, 2.75) is 52.4 Å². The van der Waals surface area contributed by atoms with Gasteiger partial charge >= 0.3 is 0 Å². The molecule has 5 heteroatoms. The van der Waals surface area contributed by atoms with Gasteiger partial charge in [0.25, 0.3) is 0 Å². The number of aryl methyl sites for hydroxylation is 1. The summed E-state index contributed by atoms with van der Waals surface area (Å²) in [5, 5.41) is 0. The molecule has 1 aromatic carbocycles. The summed E-state index contributed by atoms with van der Waals surface area (Å²) in [5.74, 6) is 0. The summed E-state index contributed by atoms with van der Waals surface area (Å²) >= 11 is 0. The lowest BCUT2D eigenvalue weighted by molar-refractivity contribution is 0.187. The Labute approximate surface area is 128 Å². The van der Waals surface area contributed by atoms with Crippen LogP contribution in [0.2, 0.25) is 0 Å². The number of benzene rings is 1. The van der Waals surface area contributed by atoms with Gasteiger partial charge in [0, 0.05) is 18.8 Å². The quantitative estimate of drug-likeness (QED) is 0.854. The molecule has 4 nitrogen and oxygen atoms in total. The number of nitrogens with two attached hydrogens (primary N) is 1. The van der Waals surface area contributed by atoms with Gasteiger partial charge in [-0.15, -0.1) is 0 Å². The third-order valence-electron chi connectivity index (χ3n) is 4.54. The molecule has 1 aliphatic heterocycles. The Balaban J connectivity index is 2.55. The summed E-state index contributed by atoms with van der Waals surface area (Å²) in [6.07, 6.45) is 1.97. The monoisotopic (exact) mass is 310 g/mol. The maximum Gasteiger partial charge on any atom is 0.243 e. The van der Waals surface area contributed by atoms with Crippen LogP contribution in [-0.2, 0) is 10.0 Å². The largest absolute Gasteiger partial charge is 0.398 e. The van der Waals surface area contributed by atoms with Crippen LogP contribution in [0.25, 0.3) is 0 Å². The molecule has 0 saturated carbocycles. The zero-order chi connectivity index (χ0) is 16.0. The molecule has 21 heavy (non-hydrogen) atoms. The minimum Gasteiger partial charge on any atom is -0.398 e. The van der Waals surface area contributed by atoms with Crippen molar-refractivity contribution in [1.82, 2.24) is 4.31 Å². The maximum absolute atomic E-state index is 13.1. The van der Waals surface area contributed by atoms with Crippen LogP contribution in [0, 0.1) is 26.2 Å². The van der Waals surface area contributed by atoms with Crippen molar-refractivity contribution in [2.75, 3.05) is 18.8 Å². The van der Waals surface area contributed by atoms with E-state index in [0.717, 1.165) is 24.0 Å². The molecule has 0 atom stereocenters. The number of anilines is 1. The molecule has 2 rings (SSSR count). The standard InChI is InChI=1S/C16H26N2O2S/c1-11-9-14(17)13(3)15(12(11)2)21(19,20)18-8-6-7-16(4,5)10-18/h9H,6-8,10,17H2,1-5H3. The molecule has 1 heterocycles. The molecule has 0 radical (unpaired) electrons. The second-order valence-electron chi connectivity index (χ2n) is 6.97. The number of piperidine rings is 1. The van der Waals surface area contributed by atoms with Crippen LogP contribution >= 0.6 is 0 Å². The number of hydrogen-bond acceptors (Lipinski definition) is 3. The summed E-state index contributed by atoms with van der Waals surface area (Å²) in [4.78, 5) is 0.401. The Morgan fingerprint density at radius 3 is 2.38 bits per heavy atom. The van der Waals surface area contributed by atoms with Crippen LogP contribution in [0.3, 0.4) is 0 Å². The van der Waals surface area contributed by atoms with Crippen LogP contribution in [0.15, 0.2) is 11.0 Å². The van der Waals surface area contributed by atoms with E-state index in [1.807, 2.05) is 19.9 Å². The van der Waals surface area contributed by atoms with Gasteiger partial charge < -0.3 is 5.73 Å². The van der Waals surface area contributed by atoms with Crippen LogP contribution in [-0.4, -0.2) is 25.8 Å². The highest BCUT2D eigenvalue weighted by atomic mass is 32.2. The molecule has 0 spiro atoms. The minimum absolute atomic E-state index is 0.0303. The van der Waals surface area contributed by atoms with Gasteiger partial charge in [0.05, 0.1) is 4.90 Å². The second-order valence-corrected chi connectivity index (χ2v) is 8.84. The molecule has 0 amide bonds. The van der Waals surface area contributed by atoms with Crippen molar-refractivity contribution < 1.29 is 8.42 Å². The van der Waals surface area contributed by atoms with E-state index >= 15 is 0 Å². The van der Waals surface area contributed by atoms with Crippen LogP contribution in [0.1, 0.15) is 43.4 Å². The van der Waals surface area contributed by atoms with Gasteiger partial charge in [-0.25, -0.2) is 8.42 Å². The van der Waals surface area contributed by atoms with Crippen molar-refractivity contribution in [3.8, 4) is 0 Å². The lowest BCUT2D eigenvalue weighted by Gasteiger charge is -2.37. The van der Waals surface area contributed by atoms with E-state index in [2.05, 4.69) is 13.8 Å². The SMILES string of the molecule is Cc1cc(N)c(C)c(S(=O)(=O)N2CCCC(C)(C)C2)c1C. The molecule has 1 aliphatic rings. The molecule has 1 saturated heterocycles. The van der Waals surface area contributed by atoms with Crippen molar-refractivity contribution in [3.05, 3.63) is 22.8 Å². The number of nitrogens with zero attached hydrogens (tertiary/aromatic N) is 1. The summed E-state index contributed by atoms with van der Waals surface area (Å²) in [6.45, 7) is 11.0. The second kappa shape index (κ2) is 5.29. The fraction of sp³-hybridized carbons (Fsp3) is 0.625. The zero-order valence-electron chi connectivity index (χ0n) is 13.7. The van der Waals surface area contributed by atoms with E-state index in [1.165, 1.54) is 0 Å². The highest BCUT2D eigenvalue weighted by Gasteiger charge is 2.36. The first-order valence-electron chi connectivity index (χ1n) is 7.43. The summed E-state index contributed by atoms with van der Waals surface area (Å²) in [6, 6.07) is 1.85. The summed E-state index contributed by atoms with van der Waals surface area (Å²) in [7, 11) is -3.49. The first kappa shape index (κ1) is 16.3. The average molecular weight is 310 g/mol. The summed E-state index contributed by atoms with van der Waals surface area (Å²) in [5.41, 5.74) is 8.97. The van der Waals surface area contributed by atoms with Crippen molar-refractivity contribution >= 4 is 15.7 Å². The first-order valence-corrected chi connectivity index (χ1v) is 8.87. The predicted octanol–water partition coefficient (Wildman–Crippen LogP) is 3.00. The maximum atomic E-state index is 13.1. The van der Waals surface area contributed by atoms with Crippen molar-refractivity contribution in [1.29, 1.82) is 0 Å². The molecular formula is C16H26N2O2S. The number of rotatable bonds is 2. The molecule has 1 aromatic rings. The minimum atomic E-state index is -3.49. The lowest BCUT2D eigenvalue weighted by Crippen LogP contribution is -2.43. The molecule has 0 unspecified atom stereocenters. The smallest absolute Gasteiger partial charge is 0.243 e. The van der Waals surface area contributed by atoms with E-state index in [1.54, 1.807) is 11.2 Å². The van der Waals surface area contributed by atoms with Crippen LogP contribution in [0.5, 0.6) is 0 Å². The van der Waals surface area contributed by atoms with E-state index in [9.17, 15) is 8.42 Å². The highest BCUT2D eigenvalue weighted by molar-refractivity contribution is 7.89. The molecule has 0 bridgehead atoms. The Bertz CT molecular complexity index is 637. The molecule has 0 aliphatic carbocycles. The Kier molecular flexibility index (Phi) is 4.10. The normalized spacial score (nSPS) is 19.7. The molecule has 2 N–H and O–H groups in total. The van der Waals surface area contributed by atoms with E-state index in [4.69, 9.17) is 5.73 Å². The molecule has 118 valence electrons. The Morgan fingerprint density at radius 2 is 1.81 bits per heavy atom. The molecular weight excluding hydrogens is 284 g/mol. The van der Waals surface area contributed by atoms with Gasteiger partial charge in [-0.3, -0.25) is 0 Å². The summed E-state index contributed by atoms with van der Waals surface area (Å²) < 4.78 is 27.8. The number of sulfonamides is 1. The van der Waals surface area contributed by atoms with Gasteiger partial charge in [-0.05, 0) is 61.8 Å². The van der Waals surface area contributed by atoms with Crippen LogP contribution in [0.4, 0.5) is 5.69 Å². The predicted molar refractivity (Wildman–Crippen MR) is 86.8 cm³/mol. The van der Waals surface area contributed by atoms with Gasteiger partial charge in [-0.2, -0.15) is 4.31 Å². The fourth-order valence-electron chi connectivity index (χ4n) is 3.13. The van der Waals surface area contributed by atoms with E-state index in [0.29, 0.717) is 29.2 Å². The van der Waals surface area contributed by atoms with Crippen molar-refractivity contribution in [2.24, 2.45) is 5.41 Å². The number of hydrogen-bond donors (Lipinski definition) is 1. The number of nitrogen functional groups attached to an aromatic ring is 1. The van der Waals surface area contributed by atoms with Gasteiger partial charge in [0.15, 0.2) is 0 Å². The highest BCUT2D eigenvalue weighted by Crippen LogP contribution is 2.35. The molecule has 0 aromatic heterocycles. The fourth-order valence-corrected chi connectivity index (χ4v) is 5.33. The van der Waals surface area contributed by atoms with E-state index in [-0.39, 0.29) is 5.41 Å². The van der Waals surface area contributed by atoms with Crippen LogP contribution < -0.4 is 5.73 Å². The van der Waals surface area contributed by atoms with Crippen molar-refractivity contribution in [3.63, 3.8) is 0 Å². The zero-order valence-corrected chi connectivity index (χ0v) is 14.5. The topological polar surface area (TPSA) is 63.4 Å². The first-order chi connectivity index (χ1) is 9.56. The molecule has 1 fully saturated rings.